The van der Waals surface area contributed by atoms with Crippen molar-refractivity contribution in [2.45, 2.75) is 13.3 Å². The Morgan fingerprint density at radius 3 is 2.77 bits per heavy atom. The number of ether oxygens (including phenoxy) is 1. The van der Waals surface area contributed by atoms with Gasteiger partial charge in [-0.2, -0.15) is 0 Å². The topological polar surface area (TPSA) is 42.4 Å². The Balaban J connectivity index is 1.85. The number of hydrogen-bond acceptors (Lipinski definition) is 4. The summed E-state index contributed by atoms with van der Waals surface area (Å²) in [4.78, 5) is 22.3. The van der Waals surface area contributed by atoms with E-state index in [2.05, 4.69) is 35.0 Å². The lowest BCUT2D eigenvalue weighted by atomic mass is 10.1. The molecular formula is C20H19BrN2O2S. The first-order valence-corrected chi connectivity index (χ1v) is 10.3. The van der Waals surface area contributed by atoms with Crippen molar-refractivity contribution in [3.05, 3.63) is 51.3 Å². The van der Waals surface area contributed by atoms with Gasteiger partial charge in [-0.25, -0.2) is 4.98 Å². The second-order valence-corrected chi connectivity index (χ2v) is 8.32. The predicted molar refractivity (Wildman–Crippen MR) is 109 cm³/mol. The molecule has 1 amide bonds. The number of morpholine rings is 1. The molecule has 1 fully saturated rings. The third-order valence-corrected chi connectivity index (χ3v) is 6.31. The summed E-state index contributed by atoms with van der Waals surface area (Å²) in [5.74, 6) is 0.0484. The van der Waals surface area contributed by atoms with Crippen LogP contribution in [0.1, 0.15) is 22.2 Å². The van der Waals surface area contributed by atoms with Gasteiger partial charge in [-0.3, -0.25) is 4.79 Å². The minimum atomic E-state index is 0.0484. The summed E-state index contributed by atoms with van der Waals surface area (Å²) in [6.07, 6.45) is 1.00. The Bertz CT molecular complexity index is 964. The largest absolute Gasteiger partial charge is 0.378 e. The Kier molecular flexibility index (Phi) is 5.07. The van der Waals surface area contributed by atoms with Crippen molar-refractivity contribution in [1.82, 2.24) is 9.88 Å². The fraction of sp³-hybridized carbons (Fsp3) is 0.300. The molecule has 26 heavy (non-hydrogen) atoms. The van der Waals surface area contributed by atoms with Gasteiger partial charge in [0.05, 0.1) is 34.9 Å². The van der Waals surface area contributed by atoms with Gasteiger partial charge in [0.1, 0.15) is 0 Å². The minimum absolute atomic E-state index is 0.0484. The number of thiophene rings is 1. The lowest BCUT2D eigenvalue weighted by Gasteiger charge is -2.27. The molecule has 6 heteroatoms. The molecule has 4 rings (SSSR count). The van der Waals surface area contributed by atoms with Crippen molar-refractivity contribution in [3.8, 4) is 10.6 Å². The number of carbonyl (C=O) groups excluding carboxylic acids is 1. The van der Waals surface area contributed by atoms with Crippen LogP contribution in [-0.4, -0.2) is 42.1 Å². The monoisotopic (exact) mass is 430 g/mol. The van der Waals surface area contributed by atoms with Gasteiger partial charge in [-0.05, 0) is 42.8 Å². The first-order chi connectivity index (χ1) is 12.7. The number of rotatable bonds is 3. The molecule has 0 saturated carbocycles. The third-order valence-electron chi connectivity index (χ3n) is 4.56. The number of benzene rings is 1. The summed E-state index contributed by atoms with van der Waals surface area (Å²) in [5, 5.41) is 0.881. The molecule has 0 spiro atoms. The molecule has 2 aromatic heterocycles. The minimum Gasteiger partial charge on any atom is -0.378 e. The molecule has 3 heterocycles. The zero-order chi connectivity index (χ0) is 18.1. The number of pyridine rings is 1. The van der Waals surface area contributed by atoms with Gasteiger partial charge in [0.2, 0.25) is 0 Å². The van der Waals surface area contributed by atoms with Gasteiger partial charge in [-0.1, -0.05) is 22.9 Å². The van der Waals surface area contributed by atoms with E-state index in [0.29, 0.717) is 31.9 Å². The quantitative estimate of drug-likeness (QED) is 0.601. The lowest BCUT2D eigenvalue weighted by molar-refractivity contribution is 0.0304. The average Bonchev–Trinajstić information content (AvgIpc) is 3.16. The zero-order valence-corrected chi connectivity index (χ0v) is 16.9. The molecule has 1 aliphatic heterocycles. The normalized spacial score (nSPS) is 14.8. The second kappa shape index (κ2) is 7.47. The van der Waals surface area contributed by atoms with Gasteiger partial charge in [-0.15, -0.1) is 11.3 Å². The van der Waals surface area contributed by atoms with E-state index < -0.39 is 0 Å². The van der Waals surface area contributed by atoms with Crippen LogP contribution in [0.5, 0.6) is 0 Å². The SMILES string of the molecule is CCc1ccc(-c2cc(C(=O)N3CCOCC3)c3cc(Br)ccc3n2)s1. The van der Waals surface area contributed by atoms with Gasteiger partial charge >= 0.3 is 0 Å². The Hall–Kier alpha value is -1.76. The third kappa shape index (κ3) is 3.41. The molecule has 1 aromatic carbocycles. The summed E-state index contributed by atoms with van der Waals surface area (Å²) in [5.41, 5.74) is 2.41. The van der Waals surface area contributed by atoms with Crippen molar-refractivity contribution in [2.24, 2.45) is 0 Å². The first kappa shape index (κ1) is 17.6. The van der Waals surface area contributed by atoms with Crippen LogP contribution in [0.15, 0.2) is 40.9 Å². The van der Waals surface area contributed by atoms with Crippen molar-refractivity contribution >= 4 is 44.1 Å². The molecule has 1 aliphatic rings. The summed E-state index contributed by atoms with van der Waals surface area (Å²) < 4.78 is 6.33. The molecule has 0 radical (unpaired) electrons. The highest BCUT2D eigenvalue weighted by Gasteiger charge is 2.22. The van der Waals surface area contributed by atoms with E-state index in [4.69, 9.17) is 9.72 Å². The Morgan fingerprint density at radius 1 is 1.23 bits per heavy atom. The number of halogens is 1. The maximum Gasteiger partial charge on any atom is 0.254 e. The molecule has 0 aliphatic carbocycles. The van der Waals surface area contributed by atoms with E-state index in [1.54, 1.807) is 11.3 Å². The Labute approximate surface area is 164 Å². The van der Waals surface area contributed by atoms with Crippen molar-refractivity contribution in [2.75, 3.05) is 26.3 Å². The number of amides is 1. The van der Waals surface area contributed by atoms with Crippen LogP contribution in [-0.2, 0) is 11.2 Å². The van der Waals surface area contributed by atoms with Gasteiger partial charge < -0.3 is 9.64 Å². The smallest absolute Gasteiger partial charge is 0.254 e. The fourth-order valence-corrected chi connectivity index (χ4v) is 4.41. The summed E-state index contributed by atoms with van der Waals surface area (Å²) in [6, 6.07) is 12.1. The fourth-order valence-electron chi connectivity index (χ4n) is 3.14. The molecule has 0 N–H and O–H groups in total. The number of fused-ring (bicyclic) bond motifs is 1. The molecule has 0 unspecified atom stereocenters. The maximum atomic E-state index is 13.2. The summed E-state index contributed by atoms with van der Waals surface area (Å²) in [7, 11) is 0. The average molecular weight is 431 g/mol. The molecule has 0 atom stereocenters. The van der Waals surface area contributed by atoms with Crippen LogP contribution in [0.2, 0.25) is 0 Å². The number of aromatic nitrogens is 1. The van der Waals surface area contributed by atoms with Crippen LogP contribution in [0, 0.1) is 0 Å². The van der Waals surface area contributed by atoms with Crippen LogP contribution in [0.4, 0.5) is 0 Å². The van der Waals surface area contributed by atoms with E-state index in [0.717, 1.165) is 32.4 Å². The highest BCUT2D eigenvalue weighted by molar-refractivity contribution is 9.10. The van der Waals surface area contributed by atoms with Crippen molar-refractivity contribution < 1.29 is 9.53 Å². The molecule has 4 nitrogen and oxygen atoms in total. The highest BCUT2D eigenvalue weighted by atomic mass is 79.9. The molecule has 134 valence electrons. The van der Waals surface area contributed by atoms with Crippen LogP contribution >= 0.6 is 27.3 Å². The maximum absolute atomic E-state index is 13.2. The zero-order valence-electron chi connectivity index (χ0n) is 14.5. The predicted octanol–water partition coefficient (Wildman–Crippen LogP) is 4.76. The standard InChI is InChI=1S/C20H19BrN2O2S/c1-2-14-4-6-19(26-14)18-12-16(20(24)23-7-9-25-10-8-23)15-11-13(21)3-5-17(15)22-18/h3-6,11-12H,2,7-10H2,1H3. The molecular weight excluding hydrogens is 412 g/mol. The number of nitrogens with zero attached hydrogens (tertiary/aromatic N) is 2. The van der Waals surface area contributed by atoms with E-state index in [1.807, 2.05) is 29.2 Å². The van der Waals surface area contributed by atoms with E-state index in [9.17, 15) is 4.79 Å². The van der Waals surface area contributed by atoms with E-state index in [1.165, 1.54) is 4.88 Å². The highest BCUT2D eigenvalue weighted by Crippen LogP contribution is 2.32. The van der Waals surface area contributed by atoms with Crippen molar-refractivity contribution in [3.63, 3.8) is 0 Å². The number of carbonyl (C=O) groups is 1. The van der Waals surface area contributed by atoms with E-state index >= 15 is 0 Å². The first-order valence-electron chi connectivity index (χ1n) is 8.72. The Morgan fingerprint density at radius 2 is 2.04 bits per heavy atom. The number of hydrogen-bond donors (Lipinski definition) is 0. The number of aryl methyl sites for hydroxylation is 1. The lowest BCUT2D eigenvalue weighted by Crippen LogP contribution is -2.40. The van der Waals surface area contributed by atoms with E-state index in [-0.39, 0.29) is 5.91 Å². The van der Waals surface area contributed by atoms with Crippen LogP contribution in [0.3, 0.4) is 0 Å². The molecule has 1 saturated heterocycles. The molecule has 3 aromatic rings. The van der Waals surface area contributed by atoms with Crippen LogP contribution < -0.4 is 0 Å². The molecule has 0 bridgehead atoms. The second-order valence-electron chi connectivity index (χ2n) is 6.24. The van der Waals surface area contributed by atoms with Gasteiger partial charge in [0.25, 0.3) is 5.91 Å². The van der Waals surface area contributed by atoms with Crippen molar-refractivity contribution in [1.29, 1.82) is 0 Å². The summed E-state index contributed by atoms with van der Waals surface area (Å²) >= 11 is 5.25. The summed E-state index contributed by atoms with van der Waals surface area (Å²) in [6.45, 7) is 4.59. The van der Waals surface area contributed by atoms with Crippen LogP contribution in [0.25, 0.3) is 21.5 Å². The van der Waals surface area contributed by atoms with Gasteiger partial charge in [0, 0.05) is 27.8 Å². The van der Waals surface area contributed by atoms with Gasteiger partial charge in [0.15, 0.2) is 0 Å².